The predicted octanol–water partition coefficient (Wildman–Crippen LogP) is 6.74. The van der Waals surface area contributed by atoms with Gasteiger partial charge in [-0.05, 0) is 53.9 Å². The molecule has 0 atom stereocenters. The summed E-state index contributed by atoms with van der Waals surface area (Å²) in [5.74, 6) is -0.499. The number of anilines is 3. The minimum Gasteiger partial charge on any atom is -0.379 e. The van der Waals surface area contributed by atoms with Crippen LogP contribution >= 0.6 is 11.6 Å². The van der Waals surface area contributed by atoms with E-state index in [1.165, 1.54) is 18.3 Å². The Bertz CT molecular complexity index is 1470. The van der Waals surface area contributed by atoms with Crippen molar-refractivity contribution >= 4 is 50.5 Å². The van der Waals surface area contributed by atoms with Crippen LogP contribution in [-0.4, -0.2) is 9.97 Å². The molecule has 2 aromatic heterocycles. The van der Waals surface area contributed by atoms with Crippen molar-refractivity contribution in [1.29, 1.82) is 5.26 Å². The Morgan fingerprint density at radius 1 is 1.03 bits per heavy atom. The Labute approximate surface area is 188 Å². The Hall–Kier alpha value is -4.08. The van der Waals surface area contributed by atoms with Crippen LogP contribution in [0.3, 0.4) is 0 Å². The van der Waals surface area contributed by atoms with Crippen molar-refractivity contribution in [3.63, 3.8) is 0 Å². The molecule has 32 heavy (non-hydrogen) atoms. The SMILES string of the molecule is N#Cc1cnc2ccc(NCc3cc4ccccc4[nH]3)cc2c1Nc1ccc(F)c(Cl)c1. The number of para-hydroxylation sites is 1. The van der Waals surface area contributed by atoms with E-state index >= 15 is 0 Å². The smallest absolute Gasteiger partial charge is 0.141 e. The van der Waals surface area contributed by atoms with Crippen LogP contribution in [0.1, 0.15) is 11.3 Å². The summed E-state index contributed by atoms with van der Waals surface area (Å²) in [5.41, 5.74) is 5.32. The Kier molecular flexibility index (Phi) is 5.10. The number of pyridine rings is 1. The fraction of sp³-hybridized carbons (Fsp3) is 0.0400. The molecule has 3 N–H and O–H groups in total. The van der Waals surface area contributed by atoms with E-state index in [0.717, 1.165) is 33.2 Å². The van der Waals surface area contributed by atoms with Gasteiger partial charge in [-0.25, -0.2) is 4.39 Å². The number of hydrogen-bond acceptors (Lipinski definition) is 4. The first-order valence-corrected chi connectivity index (χ1v) is 10.3. The average Bonchev–Trinajstić information content (AvgIpc) is 3.23. The van der Waals surface area contributed by atoms with Gasteiger partial charge in [-0.2, -0.15) is 5.26 Å². The highest BCUT2D eigenvalue weighted by Crippen LogP contribution is 2.32. The van der Waals surface area contributed by atoms with Gasteiger partial charge in [0, 0.05) is 34.2 Å². The molecule has 0 aliphatic rings. The molecule has 7 heteroatoms. The van der Waals surface area contributed by atoms with Crippen molar-refractivity contribution in [3.8, 4) is 6.07 Å². The lowest BCUT2D eigenvalue weighted by molar-refractivity contribution is 0.628. The van der Waals surface area contributed by atoms with Crippen molar-refractivity contribution in [3.05, 3.63) is 95.0 Å². The number of nitrogens with one attached hydrogen (secondary N) is 3. The number of benzene rings is 3. The first kappa shape index (κ1) is 19.9. The highest BCUT2D eigenvalue weighted by Gasteiger charge is 2.11. The third-order valence-electron chi connectivity index (χ3n) is 5.25. The maximum Gasteiger partial charge on any atom is 0.141 e. The van der Waals surface area contributed by atoms with E-state index < -0.39 is 5.82 Å². The lowest BCUT2D eigenvalue weighted by Gasteiger charge is -2.13. The maximum absolute atomic E-state index is 13.5. The Morgan fingerprint density at radius 3 is 2.69 bits per heavy atom. The zero-order valence-electron chi connectivity index (χ0n) is 16.8. The molecule has 5 rings (SSSR count). The van der Waals surface area contributed by atoms with Crippen molar-refractivity contribution < 1.29 is 4.39 Å². The van der Waals surface area contributed by atoms with Gasteiger partial charge in [-0.3, -0.25) is 4.98 Å². The molecule has 5 aromatic rings. The first-order chi connectivity index (χ1) is 15.6. The van der Waals surface area contributed by atoms with Gasteiger partial charge in [0.15, 0.2) is 0 Å². The number of hydrogen-bond donors (Lipinski definition) is 3. The van der Waals surface area contributed by atoms with Gasteiger partial charge in [0.2, 0.25) is 0 Å². The van der Waals surface area contributed by atoms with E-state index in [1.54, 1.807) is 6.07 Å². The number of aromatic amines is 1. The summed E-state index contributed by atoms with van der Waals surface area (Å²) in [6, 6.07) is 22.5. The molecule has 0 aliphatic heterocycles. The van der Waals surface area contributed by atoms with Crippen LogP contribution in [-0.2, 0) is 6.54 Å². The molecule has 3 aromatic carbocycles. The van der Waals surface area contributed by atoms with E-state index in [1.807, 2.05) is 36.4 Å². The second-order valence-corrected chi connectivity index (χ2v) is 7.79. The number of halogens is 2. The Morgan fingerprint density at radius 2 is 1.88 bits per heavy atom. The highest BCUT2D eigenvalue weighted by molar-refractivity contribution is 6.31. The van der Waals surface area contributed by atoms with Gasteiger partial charge in [0.05, 0.1) is 28.3 Å². The molecule has 156 valence electrons. The van der Waals surface area contributed by atoms with Crippen molar-refractivity contribution in [1.82, 2.24) is 9.97 Å². The van der Waals surface area contributed by atoms with Gasteiger partial charge >= 0.3 is 0 Å². The number of nitriles is 1. The summed E-state index contributed by atoms with van der Waals surface area (Å²) < 4.78 is 13.5. The van der Waals surface area contributed by atoms with Crippen molar-refractivity contribution in [2.24, 2.45) is 0 Å². The fourth-order valence-corrected chi connectivity index (χ4v) is 3.85. The van der Waals surface area contributed by atoms with E-state index in [2.05, 4.69) is 38.8 Å². The molecule has 0 saturated heterocycles. The minimum atomic E-state index is -0.499. The maximum atomic E-state index is 13.5. The number of aromatic nitrogens is 2. The summed E-state index contributed by atoms with van der Waals surface area (Å²) in [4.78, 5) is 7.79. The van der Waals surface area contributed by atoms with Gasteiger partial charge in [0.1, 0.15) is 11.9 Å². The lowest BCUT2D eigenvalue weighted by Crippen LogP contribution is -2.01. The second-order valence-electron chi connectivity index (χ2n) is 7.38. The molecule has 0 bridgehead atoms. The molecule has 0 unspecified atom stereocenters. The normalized spacial score (nSPS) is 10.9. The predicted molar refractivity (Wildman–Crippen MR) is 127 cm³/mol. The molecule has 2 heterocycles. The zero-order chi connectivity index (χ0) is 22.1. The van der Waals surface area contributed by atoms with Crippen molar-refractivity contribution in [2.45, 2.75) is 6.54 Å². The van der Waals surface area contributed by atoms with Gasteiger partial charge < -0.3 is 15.6 Å². The van der Waals surface area contributed by atoms with E-state index in [4.69, 9.17) is 11.6 Å². The zero-order valence-corrected chi connectivity index (χ0v) is 17.5. The van der Waals surface area contributed by atoms with Gasteiger partial charge in [-0.15, -0.1) is 0 Å². The topological polar surface area (TPSA) is 76.5 Å². The van der Waals surface area contributed by atoms with Gasteiger partial charge in [0.25, 0.3) is 0 Å². The van der Waals surface area contributed by atoms with Crippen LogP contribution in [0.4, 0.5) is 21.5 Å². The number of H-pyrrole nitrogens is 1. The third kappa shape index (κ3) is 3.82. The van der Waals surface area contributed by atoms with E-state index in [9.17, 15) is 9.65 Å². The minimum absolute atomic E-state index is 0.00700. The summed E-state index contributed by atoms with van der Waals surface area (Å²) >= 11 is 5.92. The van der Waals surface area contributed by atoms with E-state index in [0.29, 0.717) is 23.5 Å². The number of nitrogens with zero attached hydrogens (tertiary/aromatic N) is 2. The van der Waals surface area contributed by atoms with E-state index in [-0.39, 0.29) is 5.02 Å². The molecule has 0 aliphatic carbocycles. The molecule has 0 fully saturated rings. The summed E-state index contributed by atoms with van der Waals surface area (Å²) in [7, 11) is 0. The van der Waals surface area contributed by atoms with Crippen LogP contribution in [0.2, 0.25) is 5.02 Å². The lowest BCUT2D eigenvalue weighted by atomic mass is 10.1. The van der Waals surface area contributed by atoms with Gasteiger partial charge in [-0.1, -0.05) is 29.8 Å². The first-order valence-electron chi connectivity index (χ1n) is 9.96. The molecular weight excluding hydrogens is 425 g/mol. The molecule has 0 spiro atoms. The summed E-state index contributed by atoms with van der Waals surface area (Å²) in [5, 5.41) is 18.2. The molecule has 5 nitrogen and oxygen atoms in total. The monoisotopic (exact) mass is 441 g/mol. The molecule has 0 amide bonds. The molecular formula is C25H17ClFN5. The third-order valence-corrected chi connectivity index (χ3v) is 5.54. The average molecular weight is 442 g/mol. The number of rotatable bonds is 5. The molecule has 0 saturated carbocycles. The van der Waals surface area contributed by atoms with Crippen LogP contribution in [0.5, 0.6) is 0 Å². The largest absolute Gasteiger partial charge is 0.379 e. The second kappa shape index (κ2) is 8.22. The summed E-state index contributed by atoms with van der Waals surface area (Å²) in [6.45, 7) is 0.613. The standard InChI is InChI=1S/C25H17ClFN5/c26-21-11-18(5-7-22(21)27)32-25-16(12-28)13-30-24-8-6-17(10-20(24)25)29-14-19-9-15-3-1-2-4-23(15)31-19/h1-11,13,29,31H,14H2,(H,30,32). The van der Waals surface area contributed by atoms with Crippen LogP contribution in [0, 0.1) is 17.1 Å². The summed E-state index contributed by atoms with van der Waals surface area (Å²) in [6.07, 6.45) is 1.52. The van der Waals surface area contributed by atoms with Crippen LogP contribution in [0.15, 0.2) is 72.9 Å². The van der Waals surface area contributed by atoms with Crippen molar-refractivity contribution in [2.75, 3.05) is 10.6 Å². The van der Waals surface area contributed by atoms with Crippen LogP contribution in [0.25, 0.3) is 21.8 Å². The fourth-order valence-electron chi connectivity index (χ4n) is 3.67. The quantitative estimate of drug-likeness (QED) is 0.282. The molecule has 0 radical (unpaired) electrons. The highest BCUT2D eigenvalue weighted by atomic mass is 35.5. The van der Waals surface area contributed by atoms with Crippen LogP contribution < -0.4 is 10.6 Å². The Balaban J connectivity index is 1.48. The number of fused-ring (bicyclic) bond motifs is 2.